The lowest BCUT2D eigenvalue weighted by Crippen LogP contribution is -2.38. The van der Waals surface area contributed by atoms with E-state index in [0.29, 0.717) is 12.1 Å². The Morgan fingerprint density at radius 2 is 2.07 bits per heavy atom. The molecule has 1 aliphatic heterocycles. The number of nitrogen functional groups attached to an aromatic ring is 1. The second-order valence-electron chi connectivity index (χ2n) is 3.64. The first-order valence-electron chi connectivity index (χ1n) is 4.84. The molecule has 0 bridgehead atoms. The third-order valence-electron chi connectivity index (χ3n) is 2.47. The smallest absolute Gasteiger partial charge is 0.221 e. The van der Waals surface area contributed by atoms with Crippen molar-refractivity contribution in [2.45, 2.75) is 18.9 Å². The summed E-state index contributed by atoms with van der Waals surface area (Å²) in [4.78, 5) is 22.8. The normalized spacial score (nSPS) is 21.2. The van der Waals surface area contributed by atoms with Crippen molar-refractivity contribution in [3.63, 3.8) is 0 Å². The van der Waals surface area contributed by atoms with Crippen LogP contribution in [0.25, 0.3) is 0 Å². The summed E-state index contributed by atoms with van der Waals surface area (Å²) in [6.45, 7) is 0. The summed E-state index contributed by atoms with van der Waals surface area (Å²) in [5, 5.41) is 2.67. The Bertz CT molecular complexity index is 415. The van der Waals surface area contributed by atoms with Crippen LogP contribution in [0.3, 0.4) is 0 Å². The van der Waals surface area contributed by atoms with Gasteiger partial charge in [0.05, 0.1) is 0 Å². The topological polar surface area (TPSA) is 72.2 Å². The van der Waals surface area contributed by atoms with Gasteiger partial charge in [-0.3, -0.25) is 9.59 Å². The maximum Gasteiger partial charge on any atom is 0.221 e. The molecule has 1 heterocycles. The molecular formula is C11H12N2O2. The first-order chi connectivity index (χ1) is 7.16. The van der Waals surface area contributed by atoms with Crippen LogP contribution in [0.15, 0.2) is 24.3 Å². The lowest BCUT2D eigenvalue weighted by atomic mass is 9.95. The Morgan fingerprint density at radius 1 is 1.27 bits per heavy atom. The molecule has 0 radical (unpaired) electrons. The fraction of sp³-hybridized carbons (Fsp3) is 0.273. The molecule has 1 aromatic carbocycles. The quantitative estimate of drug-likeness (QED) is 0.664. The van der Waals surface area contributed by atoms with Crippen LogP contribution in [0.4, 0.5) is 5.69 Å². The third kappa shape index (κ3) is 1.98. The van der Waals surface area contributed by atoms with Crippen molar-refractivity contribution in [2.75, 3.05) is 5.73 Å². The van der Waals surface area contributed by atoms with Crippen LogP contribution in [0.5, 0.6) is 0 Å². The van der Waals surface area contributed by atoms with E-state index in [-0.39, 0.29) is 18.1 Å². The number of nitrogens with two attached hydrogens (primary N) is 1. The van der Waals surface area contributed by atoms with Crippen LogP contribution in [0, 0.1) is 0 Å². The molecule has 4 heteroatoms. The standard InChI is InChI=1S/C11H12N2O2/c12-8-3-1-2-7(6-8)11-9(14)4-5-10(15)13-11/h1-3,6,11H,4-5,12H2,(H,13,15). The first-order valence-corrected chi connectivity index (χ1v) is 4.84. The number of amides is 1. The molecule has 78 valence electrons. The van der Waals surface area contributed by atoms with Gasteiger partial charge in [-0.05, 0) is 17.7 Å². The molecule has 15 heavy (non-hydrogen) atoms. The van der Waals surface area contributed by atoms with Crippen LogP contribution >= 0.6 is 0 Å². The monoisotopic (exact) mass is 204 g/mol. The summed E-state index contributed by atoms with van der Waals surface area (Å²) in [7, 11) is 0. The van der Waals surface area contributed by atoms with Gasteiger partial charge in [0.25, 0.3) is 0 Å². The van der Waals surface area contributed by atoms with E-state index in [4.69, 9.17) is 5.73 Å². The van der Waals surface area contributed by atoms with E-state index in [1.165, 1.54) is 0 Å². The number of piperidine rings is 1. The zero-order chi connectivity index (χ0) is 10.8. The minimum atomic E-state index is -0.519. The number of nitrogens with one attached hydrogen (secondary N) is 1. The SMILES string of the molecule is Nc1cccc(C2NC(=O)CCC2=O)c1. The van der Waals surface area contributed by atoms with Gasteiger partial charge in [0.15, 0.2) is 5.78 Å². The summed E-state index contributed by atoms with van der Waals surface area (Å²) in [5.41, 5.74) is 6.98. The minimum Gasteiger partial charge on any atom is -0.399 e. The van der Waals surface area contributed by atoms with Crippen LogP contribution < -0.4 is 11.1 Å². The largest absolute Gasteiger partial charge is 0.399 e. The van der Waals surface area contributed by atoms with Crippen molar-refractivity contribution < 1.29 is 9.59 Å². The van der Waals surface area contributed by atoms with Crippen molar-refractivity contribution >= 4 is 17.4 Å². The molecule has 3 N–H and O–H groups in total. The first kappa shape index (κ1) is 9.71. The third-order valence-corrected chi connectivity index (χ3v) is 2.47. The molecule has 2 rings (SSSR count). The number of benzene rings is 1. The fourth-order valence-electron chi connectivity index (χ4n) is 1.70. The molecule has 0 saturated carbocycles. The number of rotatable bonds is 1. The predicted molar refractivity (Wildman–Crippen MR) is 56.0 cm³/mol. The Labute approximate surface area is 87.5 Å². The van der Waals surface area contributed by atoms with Crippen LogP contribution in [0.2, 0.25) is 0 Å². The van der Waals surface area contributed by atoms with E-state index in [0.717, 1.165) is 5.56 Å². The number of Topliss-reactive ketones (excluding diaryl/α,β-unsaturated/α-hetero) is 1. The zero-order valence-corrected chi connectivity index (χ0v) is 8.19. The van der Waals surface area contributed by atoms with E-state index >= 15 is 0 Å². The molecule has 1 unspecified atom stereocenters. The summed E-state index contributed by atoms with van der Waals surface area (Å²) in [6, 6.07) is 6.52. The lowest BCUT2D eigenvalue weighted by Gasteiger charge is -2.22. The summed E-state index contributed by atoms with van der Waals surface area (Å²) < 4.78 is 0. The number of ketones is 1. The molecule has 4 nitrogen and oxygen atoms in total. The van der Waals surface area contributed by atoms with E-state index in [2.05, 4.69) is 5.32 Å². The Balaban J connectivity index is 2.28. The molecule has 1 aliphatic rings. The molecule has 0 aliphatic carbocycles. The molecule has 1 fully saturated rings. The summed E-state index contributed by atoms with van der Waals surface area (Å²) >= 11 is 0. The maximum absolute atomic E-state index is 11.6. The zero-order valence-electron chi connectivity index (χ0n) is 8.19. The highest BCUT2D eigenvalue weighted by atomic mass is 16.2. The average molecular weight is 204 g/mol. The number of anilines is 1. The second-order valence-corrected chi connectivity index (χ2v) is 3.64. The van der Waals surface area contributed by atoms with Crippen molar-refractivity contribution in [2.24, 2.45) is 0 Å². The van der Waals surface area contributed by atoms with Crippen molar-refractivity contribution in [3.05, 3.63) is 29.8 Å². The van der Waals surface area contributed by atoms with Crippen molar-refractivity contribution in [3.8, 4) is 0 Å². The Morgan fingerprint density at radius 3 is 2.80 bits per heavy atom. The molecule has 0 aromatic heterocycles. The molecule has 1 atom stereocenters. The summed E-state index contributed by atoms with van der Waals surface area (Å²) in [6.07, 6.45) is 0.600. The molecule has 1 amide bonds. The van der Waals surface area contributed by atoms with Crippen molar-refractivity contribution in [1.29, 1.82) is 0 Å². The van der Waals surface area contributed by atoms with Crippen molar-refractivity contribution in [1.82, 2.24) is 5.32 Å². The molecule has 1 saturated heterocycles. The highest BCUT2D eigenvalue weighted by molar-refractivity contribution is 5.96. The van der Waals surface area contributed by atoms with Gasteiger partial charge >= 0.3 is 0 Å². The van der Waals surface area contributed by atoms with Crippen LogP contribution in [0.1, 0.15) is 24.4 Å². The molecule has 1 aromatic rings. The number of carbonyl (C=O) groups excluding carboxylic acids is 2. The second kappa shape index (κ2) is 3.73. The van der Waals surface area contributed by atoms with Gasteiger partial charge in [0.2, 0.25) is 5.91 Å². The predicted octanol–water partition coefficient (Wildman–Crippen LogP) is 0.789. The van der Waals surface area contributed by atoms with Gasteiger partial charge in [-0.1, -0.05) is 12.1 Å². The van der Waals surface area contributed by atoms with Gasteiger partial charge in [-0.15, -0.1) is 0 Å². The highest BCUT2D eigenvalue weighted by Crippen LogP contribution is 2.21. The van der Waals surface area contributed by atoms with E-state index < -0.39 is 6.04 Å². The number of carbonyl (C=O) groups is 2. The number of hydrogen-bond donors (Lipinski definition) is 2. The average Bonchev–Trinajstić information content (AvgIpc) is 2.22. The van der Waals surface area contributed by atoms with Gasteiger partial charge in [0.1, 0.15) is 6.04 Å². The maximum atomic E-state index is 11.6. The van der Waals surface area contributed by atoms with Gasteiger partial charge < -0.3 is 11.1 Å². The van der Waals surface area contributed by atoms with Gasteiger partial charge in [-0.2, -0.15) is 0 Å². The van der Waals surface area contributed by atoms with Gasteiger partial charge in [-0.25, -0.2) is 0 Å². The lowest BCUT2D eigenvalue weighted by molar-refractivity contribution is -0.132. The van der Waals surface area contributed by atoms with E-state index in [1.54, 1.807) is 24.3 Å². The molecular weight excluding hydrogens is 192 g/mol. The fourth-order valence-corrected chi connectivity index (χ4v) is 1.70. The van der Waals surface area contributed by atoms with Gasteiger partial charge in [0, 0.05) is 18.5 Å². The number of hydrogen-bond acceptors (Lipinski definition) is 3. The van der Waals surface area contributed by atoms with E-state index in [1.807, 2.05) is 0 Å². The van der Waals surface area contributed by atoms with Crippen LogP contribution in [-0.2, 0) is 9.59 Å². The van der Waals surface area contributed by atoms with E-state index in [9.17, 15) is 9.59 Å². The van der Waals surface area contributed by atoms with Crippen LogP contribution in [-0.4, -0.2) is 11.7 Å². The Hall–Kier alpha value is -1.84. The highest BCUT2D eigenvalue weighted by Gasteiger charge is 2.27. The summed E-state index contributed by atoms with van der Waals surface area (Å²) in [5.74, 6) is -0.0396. The molecule has 0 spiro atoms. The minimum absolute atomic E-state index is 0.0419. The Kier molecular flexibility index (Phi) is 2.41.